The second kappa shape index (κ2) is 6.33. The van der Waals surface area contributed by atoms with Gasteiger partial charge in [0.25, 0.3) is 0 Å². The van der Waals surface area contributed by atoms with Crippen molar-refractivity contribution in [2.24, 2.45) is 0 Å². The van der Waals surface area contributed by atoms with E-state index in [0.717, 1.165) is 0 Å². The Morgan fingerprint density at radius 1 is 1.56 bits per heavy atom. The zero-order valence-electron chi connectivity index (χ0n) is 11.0. The number of hydrogen-bond acceptors (Lipinski definition) is 3. The monoisotopic (exact) mass is 252 g/mol. The summed E-state index contributed by atoms with van der Waals surface area (Å²) in [6.07, 6.45) is 2.44. The lowest BCUT2D eigenvalue weighted by Gasteiger charge is -2.33. The fourth-order valence-corrected chi connectivity index (χ4v) is 2.07. The highest BCUT2D eigenvalue weighted by molar-refractivity contribution is 5.93. The summed E-state index contributed by atoms with van der Waals surface area (Å²) in [6, 6.07) is -0.371. The molecule has 1 unspecified atom stereocenters. The third-order valence-corrected chi connectivity index (χ3v) is 3.27. The number of likely N-dealkylation sites (N-methyl/N-ethyl adjacent to an activating group) is 1. The van der Waals surface area contributed by atoms with Crippen molar-refractivity contribution >= 4 is 17.6 Å². The van der Waals surface area contributed by atoms with Gasteiger partial charge in [0, 0.05) is 19.5 Å². The minimum Gasteiger partial charge on any atom is -0.331 e. The van der Waals surface area contributed by atoms with E-state index < -0.39 is 0 Å². The van der Waals surface area contributed by atoms with Crippen LogP contribution in [0, 0.1) is 0 Å². The summed E-state index contributed by atoms with van der Waals surface area (Å²) in [7, 11) is 0. The number of nitrogens with zero attached hydrogens (tertiary/aromatic N) is 2. The van der Waals surface area contributed by atoms with Gasteiger partial charge in [-0.15, -0.1) is 0 Å². The lowest BCUT2D eigenvalue weighted by molar-refractivity contribution is -0.144. The average Bonchev–Trinajstić information content (AvgIpc) is 2.37. The van der Waals surface area contributed by atoms with Crippen LogP contribution in [-0.2, 0) is 14.4 Å². The summed E-state index contributed by atoms with van der Waals surface area (Å²) in [6.45, 7) is 8.01. The Kier molecular flexibility index (Phi) is 5.07. The number of hydrogen-bond donors (Lipinski definition) is 0. The van der Waals surface area contributed by atoms with Crippen molar-refractivity contribution < 1.29 is 14.4 Å². The van der Waals surface area contributed by atoms with Crippen LogP contribution >= 0.6 is 0 Å². The molecule has 0 aromatic heterocycles. The maximum atomic E-state index is 12.1. The number of Topliss-reactive ketones (excluding diaryl/α,β-unsaturated/α-hetero) is 1. The Balaban J connectivity index is 2.66. The molecule has 0 radical (unpaired) electrons. The number of carbonyl (C=O) groups is 3. The Morgan fingerprint density at radius 3 is 2.78 bits per heavy atom. The summed E-state index contributed by atoms with van der Waals surface area (Å²) in [5, 5.41) is 0. The molecule has 1 aliphatic rings. The smallest absolute Gasteiger partial charge is 0.246 e. The number of amides is 2. The molecule has 0 saturated carbocycles. The first-order chi connectivity index (χ1) is 8.51. The SMILES string of the molecule is C=CC(=O)N(CC)CC(=O)N1CCCC(=O)C1C. The lowest BCUT2D eigenvalue weighted by Crippen LogP contribution is -2.51. The van der Waals surface area contributed by atoms with E-state index in [2.05, 4.69) is 6.58 Å². The van der Waals surface area contributed by atoms with Crippen molar-refractivity contribution in [2.45, 2.75) is 32.7 Å². The van der Waals surface area contributed by atoms with Gasteiger partial charge in [-0.3, -0.25) is 14.4 Å². The molecule has 0 aromatic rings. The molecule has 0 aliphatic carbocycles. The predicted molar refractivity (Wildman–Crippen MR) is 67.9 cm³/mol. The largest absolute Gasteiger partial charge is 0.331 e. The van der Waals surface area contributed by atoms with Crippen LogP contribution in [0.25, 0.3) is 0 Å². The molecule has 0 bridgehead atoms. The fourth-order valence-electron chi connectivity index (χ4n) is 2.07. The molecule has 1 heterocycles. The van der Waals surface area contributed by atoms with Crippen molar-refractivity contribution in [2.75, 3.05) is 19.6 Å². The van der Waals surface area contributed by atoms with Crippen LogP contribution in [0.15, 0.2) is 12.7 Å². The maximum absolute atomic E-state index is 12.1. The van der Waals surface area contributed by atoms with E-state index >= 15 is 0 Å². The maximum Gasteiger partial charge on any atom is 0.246 e. The molecule has 1 atom stereocenters. The summed E-state index contributed by atoms with van der Waals surface area (Å²) in [5.41, 5.74) is 0. The third kappa shape index (κ3) is 3.18. The molecule has 18 heavy (non-hydrogen) atoms. The molecule has 1 saturated heterocycles. The number of carbonyl (C=O) groups excluding carboxylic acids is 3. The summed E-state index contributed by atoms with van der Waals surface area (Å²) in [4.78, 5) is 38.1. The molecule has 100 valence electrons. The molecule has 1 fully saturated rings. The molecule has 0 N–H and O–H groups in total. The second-order valence-corrected chi connectivity index (χ2v) is 4.39. The highest BCUT2D eigenvalue weighted by Gasteiger charge is 2.30. The normalized spacial score (nSPS) is 19.6. The molecule has 0 aromatic carbocycles. The third-order valence-electron chi connectivity index (χ3n) is 3.27. The van der Waals surface area contributed by atoms with Gasteiger partial charge in [0.2, 0.25) is 11.8 Å². The van der Waals surface area contributed by atoms with Gasteiger partial charge in [-0.05, 0) is 26.3 Å². The first kappa shape index (κ1) is 14.4. The van der Waals surface area contributed by atoms with Crippen molar-refractivity contribution in [3.8, 4) is 0 Å². The van der Waals surface area contributed by atoms with E-state index in [0.29, 0.717) is 25.9 Å². The first-order valence-electron chi connectivity index (χ1n) is 6.24. The Bertz CT molecular complexity index is 365. The van der Waals surface area contributed by atoms with Gasteiger partial charge in [-0.1, -0.05) is 6.58 Å². The van der Waals surface area contributed by atoms with Crippen molar-refractivity contribution in [3.05, 3.63) is 12.7 Å². The molecule has 1 rings (SSSR count). The Morgan fingerprint density at radius 2 is 2.22 bits per heavy atom. The van der Waals surface area contributed by atoms with E-state index in [-0.39, 0.29) is 30.2 Å². The quantitative estimate of drug-likeness (QED) is 0.688. The molecule has 5 heteroatoms. The minimum absolute atomic E-state index is 0.0129. The van der Waals surface area contributed by atoms with Crippen LogP contribution in [0.4, 0.5) is 0 Å². The molecular weight excluding hydrogens is 232 g/mol. The zero-order valence-corrected chi connectivity index (χ0v) is 11.0. The van der Waals surface area contributed by atoms with Gasteiger partial charge in [0.1, 0.15) is 6.54 Å². The van der Waals surface area contributed by atoms with E-state index in [1.807, 2.05) is 0 Å². The van der Waals surface area contributed by atoms with Gasteiger partial charge < -0.3 is 9.80 Å². The van der Waals surface area contributed by atoms with E-state index in [9.17, 15) is 14.4 Å². The summed E-state index contributed by atoms with van der Waals surface area (Å²) in [5.74, 6) is -0.345. The van der Waals surface area contributed by atoms with E-state index in [4.69, 9.17) is 0 Å². The number of piperidine rings is 1. The van der Waals surface area contributed by atoms with Gasteiger partial charge in [-0.2, -0.15) is 0 Å². The molecule has 0 spiro atoms. The average molecular weight is 252 g/mol. The summed E-state index contributed by atoms with van der Waals surface area (Å²) < 4.78 is 0. The Labute approximate surface area is 107 Å². The highest BCUT2D eigenvalue weighted by atomic mass is 16.2. The number of ketones is 1. The van der Waals surface area contributed by atoms with Crippen LogP contribution < -0.4 is 0 Å². The van der Waals surface area contributed by atoms with Crippen molar-refractivity contribution in [1.82, 2.24) is 9.80 Å². The molecule has 2 amide bonds. The fraction of sp³-hybridized carbons (Fsp3) is 0.615. The van der Waals surface area contributed by atoms with Crippen molar-refractivity contribution in [3.63, 3.8) is 0 Å². The summed E-state index contributed by atoms with van der Waals surface area (Å²) >= 11 is 0. The van der Waals surface area contributed by atoms with Crippen LogP contribution in [0.2, 0.25) is 0 Å². The first-order valence-corrected chi connectivity index (χ1v) is 6.24. The minimum atomic E-state index is -0.371. The zero-order chi connectivity index (χ0) is 13.7. The molecule has 1 aliphatic heterocycles. The van der Waals surface area contributed by atoms with Crippen LogP contribution in [0.5, 0.6) is 0 Å². The van der Waals surface area contributed by atoms with E-state index in [1.165, 1.54) is 11.0 Å². The van der Waals surface area contributed by atoms with Gasteiger partial charge in [-0.25, -0.2) is 0 Å². The van der Waals surface area contributed by atoms with Crippen molar-refractivity contribution in [1.29, 1.82) is 0 Å². The highest BCUT2D eigenvalue weighted by Crippen LogP contribution is 2.13. The molecular formula is C13H20N2O3. The predicted octanol–water partition coefficient (Wildman–Crippen LogP) is 0.601. The molecule has 5 nitrogen and oxygen atoms in total. The van der Waals surface area contributed by atoms with Gasteiger partial charge in [0.05, 0.1) is 6.04 Å². The number of rotatable bonds is 4. The number of likely N-dealkylation sites (tertiary alicyclic amines) is 1. The second-order valence-electron chi connectivity index (χ2n) is 4.39. The van der Waals surface area contributed by atoms with Crippen LogP contribution in [0.1, 0.15) is 26.7 Å². The standard InChI is InChI=1S/C13H20N2O3/c1-4-12(17)14(5-2)9-13(18)15-8-6-7-11(16)10(15)3/h4,10H,1,5-9H2,2-3H3. The van der Waals surface area contributed by atoms with Crippen LogP contribution in [0.3, 0.4) is 0 Å². The topological polar surface area (TPSA) is 57.7 Å². The lowest BCUT2D eigenvalue weighted by atomic mass is 10.0. The van der Waals surface area contributed by atoms with Gasteiger partial charge in [0.15, 0.2) is 5.78 Å². The van der Waals surface area contributed by atoms with Crippen LogP contribution in [-0.4, -0.2) is 53.1 Å². The Hall–Kier alpha value is -1.65. The van der Waals surface area contributed by atoms with E-state index in [1.54, 1.807) is 18.7 Å². The van der Waals surface area contributed by atoms with Gasteiger partial charge >= 0.3 is 0 Å².